The number of benzene rings is 2. The lowest BCUT2D eigenvalue weighted by Crippen LogP contribution is -2.49. The van der Waals surface area contributed by atoms with Crippen molar-refractivity contribution in [2.24, 2.45) is 5.10 Å². The van der Waals surface area contributed by atoms with Crippen LogP contribution in [-0.4, -0.2) is 46.7 Å². The van der Waals surface area contributed by atoms with Gasteiger partial charge < -0.3 is 14.7 Å². The van der Waals surface area contributed by atoms with Crippen LogP contribution < -0.4 is 10.2 Å². The molecule has 0 aliphatic carbocycles. The Kier molecular flexibility index (Phi) is 7.68. The van der Waals surface area contributed by atoms with Crippen LogP contribution in [0, 0.1) is 0 Å². The second-order valence-corrected chi connectivity index (χ2v) is 8.56. The van der Waals surface area contributed by atoms with Gasteiger partial charge in [-0.25, -0.2) is 5.43 Å². The lowest BCUT2D eigenvalue weighted by molar-refractivity contribution is -0.139. The summed E-state index contributed by atoms with van der Waals surface area (Å²) in [5.74, 6) is 0.159. The maximum absolute atomic E-state index is 12.5. The molecular weight excluding hydrogens is 462 g/mol. The van der Waals surface area contributed by atoms with E-state index in [1.54, 1.807) is 36.4 Å². The smallest absolute Gasteiger partial charge is 0.271 e. The minimum atomic E-state index is -0.399. The summed E-state index contributed by atoms with van der Waals surface area (Å²) in [6.07, 6.45) is 4.54. The fourth-order valence-electron chi connectivity index (χ4n) is 3.69. The first-order valence-electron chi connectivity index (χ1n) is 10.2. The molecule has 3 rings (SSSR count). The summed E-state index contributed by atoms with van der Waals surface area (Å²) in [5, 5.41) is 13.7. The number of amides is 2. The van der Waals surface area contributed by atoms with E-state index in [0.717, 1.165) is 23.7 Å². The Hall–Kier alpha value is -2.87. The van der Waals surface area contributed by atoms with Crippen molar-refractivity contribution < 1.29 is 19.4 Å². The summed E-state index contributed by atoms with van der Waals surface area (Å²) < 4.78 is 6.42. The Labute approximate surface area is 190 Å². The number of ether oxygens (including phenoxy) is 1. The minimum Gasteiger partial charge on any atom is -0.507 e. The van der Waals surface area contributed by atoms with E-state index in [2.05, 4.69) is 40.3 Å². The zero-order valence-corrected chi connectivity index (χ0v) is 19.1. The van der Waals surface area contributed by atoms with E-state index in [9.17, 15) is 14.7 Å². The highest BCUT2D eigenvalue weighted by atomic mass is 79.9. The number of hydrazone groups is 1. The minimum absolute atomic E-state index is 0.0216. The molecule has 0 saturated carbocycles. The van der Waals surface area contributed by atoms with Gasteiger partial charge in [-0.3, -0.25) is 9.59 Å². The van der Waals surface area contributed by atoms with E-state index in [-0.39, 0.29) is 30.3 Å². The van der Waals surface area contributed by atoms with Gasteiger partial charge in [-0.15, -0.1) is 0 Å². The molecule has 2 unspecified atom stereocenters. The Bertz CT molecular complexity index is 952. The zero-order chi connectivity index (χ0) is 22.4. The van der Waals surface area contributed by atoms with E-state index in [1.807, 2.05) is 4.90 Å². The number of carbonyl (C=O) groups excluding carboxylic acids is 2. The Morgan fingerprint density at radius 1 is 1.19 bits per heavy atom. The number of phenols is 1. The molecule has 7 nitrogen and oxygen atoms in total. The number of rotatable bonds is 6. The second kappa shape index (κ2) is 10.4. The van der Waals surface area contributed by atoms with Crippen molar-refractivity contribution in [3.8, 4) is 11.5 Å². The van der Waals surface area contributed by atoms with Gasteiger partial charge in [0.25, 0.3) is 11.8 Å². The zero-order valence-electron chi connectivity index (χ0n) is 17.5. The van der Waals surface area contributed by atoms with Crippen LogP contribution in [0.15, 0.2) is 52.0 Å². The normalized spacial score (nSPS) is 18.7. The van der Waals surface area contributed by atoms with Gasteiger partial charge in [0.2, 0.25) is 0 Å². The third-order valence-electron chi connectivity index (χ3n) is 5.32. The largest absolute Gasteiger partial charge is 0.507 e. The molecule has 8 heteroatoms. The predicted molar refractivity (Wildman–Crippen MR) is 122 cm³/mol. The first kappa shape index (κ1) is 22.8. The van der Waals surface area contributed by atoms with Crippen LogP contribution in [-0.2, 0) is 4.79 Å². The Balaban J connectivity index is 1.52. The van der Waals surface area contributed by atoms with E-state index < -0.39 is 5.91 Å². The van der Waals surface area contributed by atoms with E-state index >= 15 is 0 Å². The standard InChI is InChI=1S/C23H26BrN3O4/c1-15-4-3-5-16(2)27(15)22(29)14-31-20-9-6-17(7-10-20)23(30)26-25-13-18-12-19(24)8-11-21(18)28/h6-13,15-16,28H,3-5,14H2,1-2H3,(H,26,30)/b25-13+. The molecule has 1 aliphatic rings. The van der Waals surface area contributed by atoms with Crippen LogP contribution in [0.1, 0.15) is 49.0 Å². The Morgan fingerprint density at radius 2 is 1.87 bits per heavy atom. The van der Waals surface area contributed by atoms with Gasteiger partial charge >= 0.3 is 0 Å². The quantitative estimate of drug-likeness (QED) is 0.474. The molecule has 164 valence electrons. The molecule has 1 fully saturated rings. The Morgan fingerprint density at radius 3 is 2.55 bits per heavy atom. The fraction of sp³-hybridized carbons (Fsp3) is 0.348. The number of carbonyl (C=O) groups is 2. The molecule has 0 spiro atoms. The van der Waals surface area contributed by atoms with Gasteiger partial charge in [-0.2, -0.15) is 5.10 Å². The maximum atomic E-state index is 12.5. The van der Waals surface area contributed by atoms with Crippen molar-refractivity contribution in [3.63, 3.8) is 0 Å². The molecular formula is C23H26BrN3O4. The number of likely N-dealkylation sites (tertiary alicyclic amines) is 1. The molecule has 1 heterocycles. The topological polar surface area (TPSA) is 91.2 Å². The van der Waals surface area contributed by atoms with Crippen molar-refractivity contribution >= 4 is 34.0 Å². The van der Waals surface area contributed by atoms with Crippen LogP contribution in [0.3, 0.4) is 0 Å². The van der Waals surface area contributed by atoms with Gasteiger partial charge in [0.15, 0.2) is 6.61 Å². The van der Waals surface area contributed by atoms with E-state index in [1.165, 1.54) is 12.3 Å². The molecule has 2 aromatic carbocycles. The molecule has 1 aliphatic heterocycles. The van der Waals surface area contributed by atoms with Crippen LogP contribution in [0.4, 0.5) is 0 Å². The molecule has 2 N–H and O–H groups in total. The average Bonchev–Trinajstić information content (AvgIpc) is 2.75. The maximum Gasteiger partial charge on any atom is 0.271 e. The molecule has 2 aromatic rings. The SMILES string of the molecule is CC1CCCC(C)N1C(=O)COc1ccc(C(=O)N/N=C/c2cc(Br)ccc2O)cc1. The summed E-state index contributed by atoms with van der Waals surface area (Å²) in [4.78, 5) is 26.7. The molecule has 0 radical (unpaired) electrons. The molecule has 2 amide bonds. The number of aromatic hydroxyl groups is 1. The molecule has 31 heavy (non-hydrogen) atoms. The third kappa shape index (κ3) is 6.07. The second-order valence-electron chi connectivity index (χ2n) is 7.65. The number of hydrogen-bond acceptors (Lipinski definition) is 5. The number of halogens is 1. The number of hydrogen-bond donors (Lipinski definition) is 2. The van der Waals surface area contributed by atoms with Crippen molar-refractivity contribution in [1.82, 2.24) is 10.3 Å². The first-order valence-corrected chi connectivity index (χ1v) is 11.0. The summed E-state index contributed by atoms with van der Waals surface area (Å²) in [6, 6.07) is 11.9. The van der Waals surface area contributed by atoms with Crippen molar-refractivity contribution in [2.45, 2.75) is 45.2 Å². The number of piperidine rings is 1. The fourth-order valence-corrected chi connectivity index (χ4v) is 4.07. The lowest BCUT2D eigenvalue weighted by Gasteiger charge is -2.38. The average molecular weight is 488 g/mol. The highest BCUT2D eigenvalue weighted by Gasteiger charge is 2.28. The predicted octanol–water partition coefficient (Wildman–Crippen LogP) is 4.09. The summed E-state index contributed by atoms with van der Waals surface area (Å²) in [5.41, 5.74) is 3.29. The van der Waals surface area contributed by atoms with Crippen LogP contribution in [0.25, 0.3) is 0 Å². The summed E-state index contributed by atoms with van der Waals surface area (Å²) >= 11 is 3.31. The highest BCUT2D eigenvalue weighted by molar-refractivity contribution is 9.10. The van der Waals surface area contributed by atoms with Gasteiger partial charge in [0.1, 0.15) is 11.5 Å². The summed E-state index contributed by atoms with van der Waals surface area (Å²) in [7, 11) is 0. The monoisotopic (exact) mass is 487 g/mol. The van der Waals surface area contributed by atoms with E-state index in [4.69, 9.17) is 4.74 Å². The number of nitrogens with zero attached hydrogens (tertiary/aromatic N) is 2. The van der Waals surface area contributed by atoms with Crippen molar-refractivity contribution in [1.29, 1.82) is 0 Å². The molecule has 1 saturated heterocycles. The number of phenolic OH excluding ortho intramolecular Hbond substituents is 1. The van der Waals surface area contributed by atoms with Crippen LogP contribution >= 0.6 is 15.9 Å². The van der Waals surface area contributed by atoms with Crippen molar-refractivity contribution in [2.75, 3.05) is 6.61 Å². The molecule has 2 atom stereocenters. The van der Waals surface area contributed by atoms with Crippen LogP contribution in [0.2, 0.25) is 0 Å². The van der Waals surface area contributed by atoms with Gasteiger partial charge in [0.05, 0.1) is 6.21 Å². The molecule has 0 bridgehead atoms. The van der Waals surface area contributed by atoms with Crippen molar-refractivity contribution in [3.05, 3.63) is 58.1 Å². The third-order valence-corrected chi connectivity index (χ3v) is 5.81. The molecule has 0 aromatic heterocycles. The first-order chi connectivity index (χ1) is 14.8. The van der Waals surface area contributed by atoms with Gasteiger partial charge in [-0.05, 0) is 75.6 Å². The highest BCUT2D eigenvalue weighted by Crippen LogP contribution is 2.23. The van der Waals surface area contributed by atoms with Gasteiger partial charge in [-0.1, -0.05) is 15.9 Å². The van der Waals surface area contributed by atoms with E-state index in [0.29, 0.717) is 16.9 Å². The van der Waals surface area contributed by atoms with Crippen LogP contribution in [0.5, 0.6) is 11.5 Å². The summed E-state index contributed by atoms with van der Waals surface area (Å²) in [6.45, 7) is 4.11. The number of nitrogens with one attached hydrogen (secondary N) is 1. The van der Waals surface area contributed by atoms with Gasteiger partial charge in [0, 0.05) is 27.7 Å². The lowest BCUT2D eigenvalue weighted by atomic mass is 9.97.